The van der Waals surface area contributed by atoms with E-state index in [-0.39, 0.29) is 5.91 Å². The van der Waals surface area contributed by atoms with Crippen molar-refractivity contribution in [1.29, 1.82) is 0 Å². The van der Waals surface area contributed by atoms with Crippen molar-refractivity contribution in [2.24, 2.45) is 0 Å². The highest BCUT2D eigenvalue weighted by Gasteiger charge is 2.24. The van der Waals surface area contributed by atoms with Crippen molar-refractivity contribution in [2.45, 2.75) is 76.8 Å². The summed E-state index contributed by atoms with van der Waals surface area (Å²) in [5, 5.41) is 15.0. The number of piperidine rings is 1. The maximum absolute atomic E-state index is 12.6. The molecule has 1 saturated carbocycles. The van der Waals surface area contributed by atoms with Crippen LogP contribution in [-0.2, 0) is 0 Å². The van der Waals surface area contributed by atoms with Crippen LogP contribution < -0.4 is 10.6 Å². The van der Waals surface area contributed by atoms with Gasteiger partial charge in [-0.05, 0) is 45.7 Å². The van der Waals surface area contributed by atoms with Crippen LogP contribution in [-0.4, -0.2) is 40.0 Å². The summed E-state index contributed by atoms with van der Waals surface area (Å²) in [7, 11) is 0. The number of nitrogens with zero attached hydrogens (tertiary/aromatic N) is 3. The van der Waals surface area contributed by atoms with Crippen molar-refractivity contribution in [1.82, 2.24) is 25.6 Å². The second-order valence-corrected chi connectivity index (χ2v) is 6.96. The SMILES string of the molecule is Cc1c(C(=O)NC2CCCCCCC2)nnn1C1CCNCC1. The maximum Gasteiger partial charge on any atom is 0.273 e. The maximum atomic E-state index is 12.6. The lowest BCUT2D eigenvalue weighted by atomic mass is 9.96. The van der Waals surface area contributed by atoms with Gasteiger partial charge in [-0.1, -0.05) is 37.3 Å². The molecule has 0 radical (unpaired) electrons. The fourth-order valence-corrected chi connectivity index (χ4v) is 3.80. The van der Waals surface area contributed by atoms with E-state index in [1.54, 1.807) is 0 Å². The molecule has 3 rings (SSSR count). The molecule has 6 nitrogen and oxygen atoms in total. The van der Waals surface area contributed by atoms with Gasteiger partial charge in [0.2, 0.25) is 0 Å². The second kappa shape index (κ2) is 7.90. The first-order valence-corrected chi connectivity index (χ1v) is 9.19. The predicted molar refractivity (Wildman–Crippen MR) is 89.5 cm³/mol. The van der Waals surface area contributed by atoms with Gasteiger partial charge in [0.15, 0.2) is 5.69 Å². The Labute approximate surface area is 138 Å². The van der Waals surface area contributed by atoms with Crippen molar-refractivity contribution >= 4 is 5.91 Å². The topological polar surface area (TPSA) is 71.8 Å². The smallest absolute Gasteiger partial charge is 0.273 e. The van der Waals surface area contributed by atoms with Gasteiger partial charge in [-0.25, -0.2) is 4.68 Å². The lowest BCUT2D eigenvalue weighted by Gasteiger charge is -2.23. The van der Waals surface area contributed by atoms with Gasteiger partial charge in [0.05, 0.1) is 11.7 Å². The third-order valence-corrected chi connectivity index (χ3v) is 5.24. The molecule has 128 valence electrons. The van der Waals surface area contributed by atoms with Crippen LogP contribution in [0.3, 0.4) is 0 Å². The fraction of sp³-hybridized carbons (Fsp3) is 0.824. The Bertz CT molecular complexity index is 513. The molecule has 1 aliphatic carbocycles. The van der Waals surface area contributed by atoms with Crippen molar-refractivity contribution in [2.75, 3.05) is 13.1 Å². The van der Waals surface area contributed by atoms with Crippen molar-refractivity contribution in [3.8, 4) is 0 Å². The van der Waals surface area contributed by atoms with E-state index in [4.69, 9.17) is 0 Å². The van der Waals surface area contributed by atoms with Crippen molar-refractivity contribution in [3.63, 3.8) is 0 Å². The monoisotopic (exact) mass is 319 g/mol. The summed E-state index contributed by atoms with van der Waals surface area (Å²) >= 11 is 0. The molecule has 23 heavy (non-hydrogen) atoms. The summed E-state index contributed by atoms with van der Waals surface area (Å²) in [5.41, 5.74) is 1.41. The van der Waals surface area contributed by atoms with Gasteiger partial charge in [-0.3, -0.25) is 4.79 Å². The van der Waals surface area contributed by atoms with E-state index in [2.05, 4.69) is 20.9 Å². The highest BCUT2D eigenvalue weighted by Crippen LogP contribution is 2.21. The average Bonchev–Trinajstić information content (AvgIpc) is 2.92. The Morgan fingerprint density at radius 1 is 1.09 bits per heavy atom. The van der Waals surface area contributed by atoms with Gasteiger partial charge < -0.3 is 10.6 Å². The molecule has 0 unspecified atom stereocenters. The second-order valence-electron chi connectivity index (χ2n) is 6.96. The zero-order valence-electron chi connectivity index (χ0n) is 14.2. The Morgan fingerprint density at radius 2 is 1.74 bits per heavy atom. The molecule has 0 bridgehead atoms. The van der Waals surface area contributed by atoms with E-state index in [9.17, 15) is 4.79 Å². The molecule has 0 spiro atoms. The summed E-state index contributed by atoms with van der Waals surface area (Å²) in [5.74, 6) is -0.0479. The molecule has 1 amide bonds. The highest BCUT2D eigenvalue weighted by molar-refractivity contribution is 5.93. The minimum atomic E-state index is -0.0479. The van der Waals surface area contributed by atoms with Gasteiger partial charge in [-0.2, -0.15) is 0 Å². The van der Waals surface area contributed by atoms with Crippen LogP contribution in [0.4, 0.5) is 0 Å². The van der Waals surface area contributed by atoms with Gasteiger partial charge in [-0.15, -0.1) is 5.10 Å². The van der Waals surface area contributed by atoms with Gasteiger partial charge in [0.1, 0.15) is 0 Å². The molecule has 2 heterocycles. The van der Waals surface area contributed by atoms with Crippen LogP contribution in [0.2, 0.25) is 0 Å². The molecule has 1 saturated heterocycles. The molecular formula is C17H29N5O. The number of hydrogen-bond acceptors (Lipinski definition) is 4. The summed E-state index contributed by atoms with van der Waals surface area (Å²) in [6, 6.07) is 0.665. The number of carbonyl (C=O) groups is 1. The lowest BCUT2D eigenvalue weighted by Crippen LogP contribution is -2.36. The van der Waals surface area contributed by atoms with Gasteiger partial charge in [0.25, 0.3) is 5.91 Å². The van der Waals surface area contributed by atoms with Crippen LogP contribution in [0.1, 0.15) is 80.0 Å². The van der Waals surface area contributed by atoms with E-state index < -0.39 is 0 Å². The predicted octanol–water partition coefficient (Wildman–Crippen LogP) is 2.35. The van der Waals surface area contributed by atoms with Crippen LogP contribution in [0.5, 0.6) is 0 Å². The third-order valence-electron chi connectivity index (χ3n) is 5.24. The molecule has 2 N–H and O–H groups in total. The van der Waals surface area contributed by atoms with E-state index in [0.717, 1.165) is 44.5 Å². The normalized spacial score (nSPS) is 21.6. The van der Waals surface area contributed by atoms with Gasteiger partial charge in [0, 0.05) is 6.04 Å². The zero-order chi connectivity index (χ0) is 16.1. The zero-order valence-corrected chi connectivity index (χ0v) is 14.2. The summed E-state index contributed by atoms with van der Waals surface area (Å²) in [4.78, 5) is 12.6. The minimum absolute atomic E-state index is 0.0479. The van der Waals surface area contributed by atoms with Crippen LogP contribution in [0.15, 0.2) is 0 Å². The molecule has 0 aromatic carbocycles. The van der Waals surface area contributed by atoms with E-state index in [0.29, 0.717) is 17.8 Å². The Kier molecular flexibility index (Phi) is 5.65. The molecule has 2 fully saturated rings. The van der Waals surface area contributed by atoms with Gasteiger partial charge >= 0.3 is 0 Å². The number of aromatic nitrogens is 3. The number of amides is 1. The number of hydrogen-bond donors (Lipinski definition) is 2. The minimum Gasteiger partial charge on any atom is -0.348 e. The molecule has 6 heteroatoms. The molecule has 2 aliphatic rings. The Hall–Kier alpha value is -1.43. The molecule has 1 aromatic rings. The lowest BCUT2D eigenvalue weighted by molar-refractivity contribution is 0.0924. The largest absolute Gasteiger partial charge is 0.348 e. The standard InChI is InChI=1S/C17H29N5O/c1-13-16(20-21-22(13)15-9-11-18-12-10-15)17(23)19-14-7-5-3-2-4-6-8-14/h14-15,18H,2-12H2,1H3,(H,19,23). The molecular weight excluding hydrogens is 290 g/mol. The number of carbonyl (C=O) groups excluding carboxylic acids is 1. The van der Waals surface area contributed by atoms with Crippen LogP contribution in [0, 0.1) is 6.92 Å². The first-order valence-electron chi connectivity index (χ1n) is 9.19. The highest BCUT2D eigenvalue weighted by atomic mass is 16.2. The fourth-order valence-electron chi connectivity index (χ4n) is 3.80. The van der Waals surface area contributed by atoms with Crippen LogP contribution >= 0.6 is 0 Å². The van der Waals surface area contributed by atoms with E-state index in [1.807, 2.05) is 11.6 Å². The summed E-state index contributed by atoms with van der Waals surface area (Å²) < 4.78 is 1.95. The quantitative estimate of drug-likeness (QED) is 0.897. The summed E-state index contributed by atoms with van der Waals surface area (Å²) in [6.07, 6.45) is 10.6. The summed E-state index contributed by atoms with van der Waals surface area (Å²) in [6.45, 7) is 3.98. The first kappa shape index (κ1) is 16.4. The van der Waals surface area contributed by atoms with E-state index >= 15 is 0 Å². The third kappa shape index (κ3) is 4.10. The first-order chi connectivity index (χ1) is 11.3. The Balaban J connectivity index is 1.63. The average molecular weight is 319 g/mol. The number of rotatable bonds is 3. The van der Waals surface area contributed by atoms with E-state index in [1.165, 1.54) is 32.1 Å². The number of nitrogens with one attached hydrogen (secondary N) is 2. The Morgan fingerprint density at radius 3 is 2.43 bits per heavy atom. The van der Waals surface area contributed by atoms with Crippen molar-refractivity contribution < 1.29 is 4.79 Å². The molecule has 1 aromatic heterocycles. The van der Waals surface area contributed by atoms with Crippen LogP contribution in [0.25, 0.3) is 0 Å². The van der Waals surface area contributed by atoms with Crippen molar-refractivity contribution in [3.05, 3.63) is 11.4 Å². The molecule has 1 aliphatic heterocycles. The molecule has 0 atom stereocenters.